The van der Waals surface area contributed by atoms with Gasteiger partial charge in [0.05, 0.1) is 18.6 Å². The molecule has 0 saturated carbocycles. The summed E-state index contributed by atoms with van der Waals surface area (Å²) in [5.74, 6) is 0.155. The molecule has 0 aliphatic heterocycles. The van der Waals surface area contributed by atoms with Gasteiger partial charge in [0, 0.05) is 31.9 Å². The number of nitrogens with one attached hydrogen (secondary N) is 3. The third kappa shape index (κ3) is 12.5. The number of sulfone groups is 1. The van der Waals surface area contributed by atoms with Crippen LogP contribution in [-0.4, -0.2) is 55.3 Å². The summed E-state index contributed by atoms with van der Waals surface area (Å²) in [4.78, 5) is 28.9. The second kappa shape index (κ2) is 15.9. The quantitative estimate of drug-likeness (QED) is 0.136. The summed E-state index contributed by atoms with van der Waals surface area (Å²) in [5.41, 5.74) is 2.91. The highest BCUT2D eigenvalue weighted by molar-refractivity contribution is 7.89. The number of unbranched alkanes of at least 4 members (excludes halogenated alkanes) is 1. The molecule has 10 nitrogen and oxygen atoms in total. The number of carbonyl (C=O) groups is 2. The predicted octanol–water partition coefficient (Wildman–Crippen LogP) is 4.16. The molecule has 218 valence electrons. The summed E-state index contributed by atoms with van der Waals surface area (Å²) in [6, 6.07) is 16.5. The maximum absolute atomic E-state index is 12.4. The summed E-state index contributed by atoms with van der Waals surface area (Å²) in [5, 5.41) is 23.3. The number of benzene rings is 2. The van der Waals surface area contributed by atoms with Crippen LogP contribution in [0.3, 0.4) is 0 Å². The van der Waals surface area contributed by atoms with Crippen molar-refractivity contribution in [3.63, 3.8) is 0 Å². The van der Waals surface area contributed by atoms with Gasteiger partial charge in [0.25, 0.3) is 0 Å². The smallest absolute Gasteiger partial charge is 0.230 e. The van der Waals surface area contributed by atoms with Gasteiger partial charge < -0.3 is 16.0 Å². The van der Waals surface area contributed by atoms with Crippen LogP contribution < -0.4 is 10.6 Å². The first kappa shape index (κ1) is 31.8. The molecule has 0 radical (unpaired) electrons. The molecule has 2 amide bonds. The lowest BCUT2D eigenvalue weighted by Crippen LogP contribution is -2.32. The van der Waals surface area contributed by atoms with Crippen LogP contribution in [0.4, 0.5) is 5.13 Å². The van der Waals surface area contributed by atoms with Gasteiger partial charge in [-0.2, -0.15) is 0 Å². The SMILES string of the molecule is CN=C(CCC(=N)CCCCc1nnc(NC(=O)Cc2cccc(CS(C)(=O)=O)c2)s1)NC(=O)Cc1ccccc1. The van der Waals surface area contributed by atoms with Gasteiger partial charge in [-0.3, -0.25) is 14.6 Å². The van der Waals surface area contributed by atoms with E-state index in [1.54, 1.807) is 31.3 Å². The number of aliphatic imine (C=N–C) groups is 1. The molecule has 12 heteroatoms. The molecule has 0 aliphatic carbocycles. The summed E-state index contributed by atoms with van der Waals surface area (Å²) in [6.45, 7) is 0. The molecule has 0 bridgehead atoms. The van der Waals surface area contributed by atoms with E-state index in [1.165, 1.54) is 17.6 Å². The Hall–Kier alpha value is -3.77. The number of aromatic nitrogens is 2. The van der Waals surface area contributed by atoms with Crippen molar-refractivity contribution < 1.29 is 18.0 Å². The minimum atomic E-state index is -3.15. The van der Waals surface area contributed by atoms with E-state index in [-0.39, 0.29) is 30.4 Å². The maximum Gasteiger partial charge on any atom is 0.230 e. The number of nitrogens with zero attached hydrogens (tertiary/aromatic N) is 3. The van der Waals surface area contributed by atoms with Crippen LogP contribution >= 0.6 is 11.3 Å². The molecular formula is C29H36N6O4S2. The van der Waals surface area contributed by atoms with Gasteiger partial charge in [-0.15, -0.1) is 10.2 Å². The van der Waals surface area contributed by atoms with Gasteiger partial charge in [0.1, 0.15) is 10.8 Å². The molecule has 0 unspecified atom stereocenters. The normalized spacial score (nSPS) is 11.7. The highest BCUT2D eigenvalue weighted by Gasteiger charge is 2.12. The zero-order valence-corrected chi connectivity index (χ0v) is 25.0. The van der Waals surface area contributed by atoms with Crippen molar-refractivity contribution in [1.29, 1.82) is 5.41 Å². The molecule has 0 spiro atoms. The Morgan fingerprint density at radius 2 is 1.61 bits per heavy atom. The third-order valence-corrected chi connectivity index (χ3v) is 7.80. The second-order valence-electron chi connectivity index (χ2n) is 9.81. The number of rotatable bonds is 15. The minimum Gasteiger partial charge on any atom is -0.314 e. The van der Waals surface area contributed by atoms with Crippen LogP contribution in [0.25, 0.3) is 0 Å². The van der Waals surface area contributed by atoms with Crippen LogP contribution in [0.15, 0.2) is 59.6 Å². The number of carbonyl (C=O) groups excluding carboxylic acids is 2. The minimum absolute atomic E-state index is 0.0663. The van der Waals surface area contributed by atoms with Crippen LogP contribution in [0.5, 0.6) is 0 Å². The van der Waals surface area contributed by atoms with Gasteiger partial charge >= 0.3 is 0 Å². The van der Waals surface area contributed by atoms with Crippen LogP contribution in [-0.2, 0) is 44.4 Å². The molecule has 3 aromatic rings. The van der Waals surface area contributed by atoms with E-state index in [1.807, 2.05) is 30.3 Å². The number of aryl methyl sites for hydroxylation is 1. The van der Waals surface area contributed by atoms with Crippen molar-refractivity contribution in [2.24, 2.45) is 4.99 Å². The summed E-state index contributed by atoms with van der Waals surface area (Å²) >= 11 is 1.32. The summed E-state index contributed by atoms with van der Waals surface area (Å²) in [7, 11) is -1.51. The first-order valence-corrected chi connectivity index (χ1v) is 16.2. The Bertz CT molecular complexity index is 1470. The van der Waals surface area contributed by atoms with Crippen LogP contribution in [0.1, 0.15) is 53.8 Å². The molecule has 0 aliphatic rings. The highest BCUT2D eigenvalue weighted by Crippen LogP contribution is 2.18. The summed E-state index contributed by atoms with van der Waals surface area (Å²) < 4.78 is 23.1. The van der Waals surface area contributed by atoms with E-state index in [4.69, 9.17) is 5.41 Å². The first-order valence-electron chi connectivity index (χ1n) is 13.3. The standard InChI is InChI=1S/C29H36N6O4S2/c1-31-25(32-26(36)18-21-9-4-3-5-10-21)16-15-24(30)13-6-7-14-28-34-35-29(40-28)33-27(37)19-22-11-8-12-23(17-22)20-41(2,38)39/h3-5,8-12,17,30H,6-7,13-16,18-20H2,1-2H3,(H,31,32,36)(H,33,35,37). The molecule has 3 N–H and O–H groups in total. The Morgan fingerprint density at radius 1 is 0.902 bits per heavy atom. The molecule has 1 heterocycles. The Labute approximate surface area is 245 Å². The van der Waals surface area contributed by atoms with E-state index >= 15 is 0 Å². The number of hydrogen-bond acceptors (Lipinski definition) is 9. The van der Waals surface area contributed by atoms with Crippen LogP contribution in [0.2, 0.25) is 0 Å². The van der Waals surface area contributed by atoms with Gasteiger partial charge in [-0.05, 0) is 42.4 Å². The lowest BCUT2D eigenvalue weighted by molar-refractivity contribution is -0.119. The molecule has 1 aromatic heterocycles. The molecular weight excluding hydrogens is 560 g/mol. The van der Waals surface area contributed by atoms with Gasteiger partial charge in [0.2, 0.25) is 16.9 Å². The largest absolute Gasteiger partial charge is 0.314 e. The van der Waals surface area contributed by atoms with Crippen molar-refractivity contribution >= 4 is 49.7 Å². The molecule has 0 saturated heterocycles. The fourth-order valence-electron chi connectivity index (χ4n) is 4.11. The van der Waals surface area contributed by atoms with Crippen molar-refractivity contribution in [2.45, 2.75) is 57.1 Å². The molecule has 2 aromatic carbocycles. The average Bonchev–Trinajstić information content (AvgIpc) is 3.35. The van der Waals surface area contributed by atoms with E-state index in [9.17, 15) is 18.0 Å². The lowest BCUT2D eigenvalue weighted by atomic mass is 10.1. The predicted molar refractivity (Wildman–Crippen MR) is 163 cm³/mol. The Kier molecular flexibility index (Phi) is 12.3. The fourth-order valence-corrected chi connectivity index (χ4v) is 5.69. The Morgan fingerprint density at radius 3 is 2.34 bits per heavy atom. The van der Waals surface area contributed by atoms with Gasteiger partial charge in [0.15, 0.2) is 9.84 Å². The number of amides is 2. The first-order chi connectivity index (χ1) is 19.6. The molecule has 3 rings (SSSR count). The number of amidine groups is 1. The van der Waals surface area contributed by atoms with Gasteiger partial charge in [-0.25, -0.2) is 8.42 Å². The number of hydrogen-bond donors (Lipinski definition) is 3. The van der Waals surface area contributed by atoms with Crippen molar-refractivity contribution in [1.82, 2.24) is 15.5 Å². The van der Waals surface area contributed by atoms with Crippen molar-refractivity contribution in [3.05, 3.63) is 76.3 Å². The maximum atomic E-state index is 12.4. The second-order valence-corrected chi connectivity index (χ2v) is 13.0. The van der Waals surface area contributed by atoms with Crippen LogP contribution in [0, 0.1) is 5.41 Å². The van der Waals surface area contributed by atoms with E-state index in [2.05, 4.69) is 25.8 Å². The number of anilines is 1. The van der Waals surface area contributed by atoms with Gasteiger partial charge in [-0.1, -0.05) is 65.9 Å². The highest BCUT2D eigenvalue weighted by atomic mass is 32.2. The molecule has 0 fully saturated rings. The van der Waals surface area contributed by atoms with E-state index in [0.29, 0.717) is 47.9 Å². The lowest BCUT2D eigenvalue weighted by Gasteiger charge is -2.09. The fraction of sp³-hybridized carbons (Fsp3) is 0.379. The zero-order valence-electron chi connectivity index (χ0n) is 23.4. The summed E-state index contributed by atoms with van der Waals surface area (Å²) in [6.07, 6.45) is 5.62. The van der Waals surface area contributed by atoms with E-state index in [0.717, 1.165) is 29.0 Å². The topological polar surface area (TPSA) is 154 Å². The Balaban J connectivity index is 1.33. The monoisotopic (exact) mass is 596 g/mol. The molecule has 41 heavy (non-hydrogen) atoms. The van der Waals surface area contributed by atoms with E-state index < -0.39 is 9.84 Å². The zero-order chi connectivity index (χ0) is 29.7. The average molecular weight is 597 g/mol. The van der Waals surface area contributed by atoms with Crippen molar-refractivity contribution in [3.8, 4) is 0 Å². The van der Waals surface area contributed by atoms with Crippen molar-refractivity contribution in [2.75, 3.05) is 18.6 Å². The molecule has 0 atom stereocenters. The third-order valence-electron chi connectivity index (χ3n) is 6.04.